The molecule has 28 valence electrons. The molecule has 0 saturated heterocycles. The molecule has 0 aliphatic rings. The van der Waals surface area contributed by atoms with Crippen LogP contribution in [0.5, 0.6) is 0 Å². The number of hydrogen-bond donors (Lipinski definition) is 0. The van der Waals surface area contributed by atoms with Gasteiger partial charge in [0.25, 0.3) is 0 Å². The second kappa shape index (κ2) is 3.14. The summed E-state index contributed by atoms with van der Waals surface area (Å²) in [4.78, 5) is 0. The van der Waals surface area contributed by atoms with E-state index in [1.165, 1.54) is 0 Å². The van der Waals surface area contributed by atoms with E-state index in [-0.39, 0.29) is 24.6 Å². The molecule has 0 bridgehead atoms. The number of rotatable bonds is 1. The summed E-state index contributed by atoms with van der Waals surface area (Å²) in [6, 6.07) is 0. The van der Waals surface area contributed by atoms with E-state index in [0.717, 1.165) is 3.43 Å². The summed E-state index contributed by atoms with van der Waals surface area (Å²) in [7, 11) is 0. The second-order valence-corrected chi connectivity index (χ2v) is 11.3. The van der Waals surface area contributed by atoms with E-state index in [4.69, 9.17) is 0 Å². The summed E-state index contributed by atoms with van der Waals surface area (Å²) in [6.45, 7) is 4.64. The first-order chi connectivity index (χ1) is 2.27. The second-order valence-electron chi connectivity index (χ2n) is 1.80. The molecule has 0 aromatic carbocycles. The van der Waals surface area contributed by atoms with E-state index >= 15 is 0 Å². The Balaban J connectivity index is 2.54. The predicted octanol–water partition coefficient (Wildman–Crippen LogP) is 1.95. The summed E-state index contributed by atoms with van der Waals surface area (Å²) >= 11 is -0.225. The fourth-order valence-corrected chi connectivity index (χ4v) is 0. The van der Waals surface area contributed by atoms with Gasteiger partial charge in [0.1, 0.15) is 0 Å². The maximum absolute atomic E-state index is 2.42. The summed E-state index contributed by atoms with van der Waals surface area (Å²) in [5.74, 6) is 0. The van der Waals surface area contributed by atoms with Crippen LogP contribution in [0.3, 0.4) is 0 Å². The van der Waals surface area contributed by atoms with E-state index < -0.39 is 0 Å². The minimum atomic E-state index is -0.225. The summed E-state index contributed by atoms with van der Waals surface area (Å²) in [5, 5.41) is 0. The predicted molar refractivity (Wildman–Crippen MR) is 21.0 cm³/mol. The van der Waals surface area contributed by atoms with Gasteiger partial charge in [-0.05, 0) is 0 Å². The third-order valence-corrected chi connectivity index (χ3v) is 7.16. The molecule has 0 atom stereocenters. The Morgan fingerprint density at radius 2 is 1.60 bits per heavy atom. The molecular formula is C4H10Hg. The van der Waals surface area contributed by atoms with Crippen LogP contribution in [-0.4, -0.2) is 0 Å². The Morgan fingerprint density at radius 1 is 1.40 bits per heavy atom. The van der Waals surface area contributed by atoms with Crippen molar-refractivity contribution in [1.29, 1.82) is 0 Å². The first-order valence-electron chi connectivity index (χ1n) is 2.27. The van der Waals surface area contributed by atoms with Crippen LogP contribution in [0, 0.1) is 0 Å². The van der Waals surface area contributed by atoms with Gasteiger partial charge >= 0.3 is 46.3 Å². The standard InChI is InChI=1S/C3H7.CH3.Hg/c1-3-2;;/h3H,1-2H3;1H3;. The number of hydrogen-bond acceptors (Lipinski definition) is 0. The van der Waals surface area contributed by atoms with Crippen molar-refractivity contribution in [3.63, 3.8) is 0 Å². The zero-order valence-electron chi connectivity index (χ0n) is 4.28. The van der Waals surface area contributed by atoms with Gasteiger partial charge < -0.3 is 0 Å². The molecule has 0 amide bonds. The van der Waals surface area contributed by atoms with Gasteiger partial charge in [0.05, 0.1) is 0 Å². The van der Waals surface area contributed by atoms with Crippen molar-refractivity contribution in [2.24, 2.45) is 0 Å². The van der Waals surface area contributed by atoms with Crippen LogP contribution in [0.1, 0.15) is 13.8 Å². The Bertz CT molecular complexity index is 17.6. The van der Waals surface area contributed by atoms with Crippen molar-refractivity contribution in [1.82, 2.24) is 0 Å². The van der Waals surface area contributed by atoms with Gasteiger partial charge in [-0.2, -0.15) is 0 Å². The molecule has 0 rings (SSSR count). The monoisotopic (exact) mass is 260 g/mol. The minimum absolute atomic E-state index is 0.225. The third kappa shape index (κ3) is 4.94. The molecule has 0 aliphatic heterocycles. The maximum atomic E-state index is 2.42. The molecule has 0 saturated carbocycles. The fraction of sp³-hybridized carbons (Fsp3) is 1.00. The van der Waals surface area contributed by atoms with E-state index in [2.05, 4.69) is 18.3 Å². The molecule has 0 fully saturated rings. The molecule has 0 nitrogen and oxygen atoms in total. The zero-order valence-corrected chi connectivity index (χ0v) is 9.78. The molecule has 0 aliphatic carbocycles. The molecule has 0 aromatic heterocycles. The van der Waals surface area contributed by atoms with Crippen LogP contribution in [-0.2, 0) is 24.6 Å². The zero-order chi connectivity index (χ0) is 4.28. The van der Waals surface area contributed by atoms with Gasteiger partial charge in [0, 0.05) is 0 Å². The molecule has 0 heterocycles. The molecule has 0 N–H and O–H groups in total. The van der Waals surface area contributed by atoms with Crippen molar-refractivity contribution < 1.29 is 24.6 Å². The van der Waals surface area contributed by atoms with E-state index in [9.17, 15) is 0 Å². The van der Waals surface area contributed by atoms with Crippen LogP contribution < -0.4 is 0 Å². The summed E-state index contributed by atoms with van der Waals surface area (Å²) in [6.07, 6.45) is 0. The van der Waals surface area contributed by atoms with Crippen molar-refractivity contribution >= 4 is 0 Å². The van der Waals surface area contributed by atoms with Crippen LogP contribution in [0.25, 0.3) is 0 Å². The van der Waals surface area contributed by atoms with Crippen LogP contribution in [0.15, 0.2) is 0 Å². The normalized spacial score (nSPS) is 8.00. The molecule has 0 unspecified atom stereocenters. The van der Waals surface area contributed by atoms with Crippen molar-refractivity contribution in [3.8, 4) is 0 Å². The Labute approximate surface area is 46.4 Å². The Hall–Kier alpha value is 0.935. The molecule has 1 heteroatoms. The molecular weight excluding hydrogens is 249 g/mol. The van der Waals surface area contributed by atoms with E-state index in [1.54, 1.807) is 0 Å². The van der Waals surface area contributed by atoms with Gasteiger partial charge in [-0.15, -0.1) is 0 Å². The first kappa shape index (κ1) is 5.94. The third-order valence-electron chi connectivity index (χ3n) is 0.816. The van der Waals surface area contributed by atoms with E-state index in [1.807, 2.05) is 0 Å². The topological polar surface area (TPSA) is 0 Å². The van der Waals surface area contributed by atoms with Crippen LogP contribution in [0.4, 0.5) is 0 Å². The van der Waals surface area contributed by atoms with Crippen LogP contribution in [0.2, 0.25) is 7.86 Å². The average Bonchev–Trinajstić information content (AvgIpc) is 1.38. The van der Waals surface area contributed by atoms with Gasteiger partial charge in [0.2, 0.25) is 0 Å². The SMILES string of the molecule is [CH3][Hg][CH](C)C. The van der Waals surface area contributed by atoms with Crippen molar-refractivity contribution in [2.75, 3.05) is 0 Å². The van der Waals surface area contributed by atoms with Gasteiger partial charge in [-0.3, -0.25) is 0 Å². The summed E-state index contributed by atoms with van der Waals surface area (Å²) in [5.41, 5.74) is 0. The molecule has 5 heavy (non-hydrogen) atoms. The van der Waals surface area contributed by atoms with E-state index in [0.29, 0.717) is 0 Å². The Morgan fingerprint density at radius 3 is 1.60 bits per heavy atom. The average molecular weight is 259 g/mol. The van der Waals surface area contributed by atoms with Crippen molar-refractivity contribution in [2.45, 2.75) is 21.7 Å². The molecule has 0 aromatic rings. The van der Waals surface area contributed by atoms with Crippen LogP contribution >= 0.6 is 0 Å². The molecule has 0 radical (unpaired) electrons. The first-order valence-corrected chi connectivity index (χ1v) is 10.9. The molecule has 0 spiro atoms. The van der Waals surface area contributed by atoms with Crippen molar-refractivity contribution in [3.05, 3.63) is 0 Å². The quantitative estimate of drug-likeness (QED) is 0.631. The van der Waals surface area contributed by atoms with Gasteiger partial charge in [-0.1, -0.05) is 0 Å². The summed E-state index contributed by atoms with van der Waals surface area (Å²) < 4.78 is 3.53. The van der Waals surface area contributed by atoms with Gasteiger partial charge in [0.15, 0.2) is 0 Å². The van der Waals surface area contributed by atoms with Gasteiger partial charge in [-0.25, -0.2) is 0 Å². The fourth-order valence-electron chi connectivity index (χ4n) is 0. The Kier molecular flexibility index (Phi) is 3.72.